The van der Waals surface area contributed by atoms with Crippen molar-refractivity contribution in [2.24, 2.45) is 0 Å². The lowest BCUT2D eigenvalue weighted by Gasteiger charge is -2.22. The van der Waals surface area contributed by atoms with Gasteiger partial charge in [-0.2, -0.15) is 0 Å². The van der Waals surface area contributed by atoms with E-state index in [2.05, 4.69) is 5.32 Å². The van der Waals surface area contributed by atoms with E-state index in [9.17, 15) is 19.7 Å². The minimum atomic E-state index is -0.444. The molecule has 1 aliphatic rings. The molecule has 1 N–H and O–H groups in total. The Morgan fingerprint density at radius 3 is 2.79 bits per heavy atom. The number of nitro benzene ring substituents is 1. The number of amides is 2. The number of nitrogens with one attached hydrogen (secondary N) is 1. The fourth-order valence-corrected chi connectivity index (χ4v) is 2.67. The van der Waals surface area contributed by atoms with Crippen LogP contribution in [0.1, 0.15) is 19.8 Å². The van der Waals surface area contributed by atoms with E-state index in [1.54, 1.807) is 23.1 Å². The van der Waals surface area contributed by atoms with Crippen LogP contribution in [0.3, 0.4) is 0 Å². The second-order valence-corrected chi connectivity index (χ2v) is 5.69. The Morgan fingerprint density at radius 1 is 1.33 bits per heavy atom. The van der Waals surface area contributed by atoms with Gasteiger partial charge in [-0.15, -0.1) is 0 Å². The van der Waals surface area contributed by atoms with Gasteiger partial charge >= 0.3 is 0 Å². The highest BCUT2D eigenvalue weighted by molar-refractivity contribution is 5.88. The smallest absolute Gasteiger partial charge is 0.292 e. The third kappa shape index (κ3) is 4.43. The van der Waals surface area contributed by atoms with E-state index in [1.165, 1.54) is 11.0 Å². The maximum atomic E-state index is 12.4. The summed E-state index contributed by atoms with van der Waals surface area (Å²) in [6.45, 7) is 3.61. The molecule has 0 aliphatic carbocycles. The zero-order valence-electron chi connectivity index (χ0n) is 13.7. The van der Waals surface area contributed by atoms with E-state index in [1.807, 2.05) is 6.92 Å². The molecule has 1 heterocycles. The minimum absolute atomic E-state index is 0.0144. The van der Waals surface area contributed by atoms with Crippen LogP contribution in [0.25, 0.3) is 0 Å². The van der Waals surface area contributed by atoms with Gasteiger partial charge in [-0.05, 0) is 18.9 Å². The molecule has 0 bridgehead atoms. The van der Waals surface area contributed by atoms with E-state index < -0.39 is 4.92 Å². The summed E-state index contributed by atoms with van der Waals surface area (Å²) in [5, 5.41) is 13.9. The second kappa shape index (κ2) is 8.28. The summed E-state index contributed by atoms with van der Waals surface area (Å²) in [6, 6.07) is 6.40. The molecule has 1 aromatic rings. The van der Waals surface area contributed by atoms with Crippen LogP contribution in [-0.4, -0.2) is 54.4 Å². The first kappa shape index (κ1) is 17.7. The van der Waals surface area contributed by atoms with Crippen LogP contribution < -0.4 is 10.2 Å². The van der Waals surface area contributed by atoms with Gasteiger partial charge in [0.15, 0.2) is 0 Å². The highest BCUT2D eigenvalue weighted by Crippen LogP contribution is 2.28. The Balaban J connectivity index is 2.07. The van der Waals surface area contributed by atoms with Crippen molar-refractivity contribution in [1.82, 2.24) is 10.2 Å². The fourth-order valence-electron chi connectivity index (χ4n) is 2.67. The first-order chi connectivity index (χ1) is 11.5. The van der Waals surface area contributed by atoms with E-state index in [4.69, 9.17) is 0 Å². The molecule has 2 rings (SSSR count). The van der Waals surface area contributed by atoms with Gasteiger partial charge in [0, 0.05) is 25.7 Å². The lowest BCUT2D eigenvalue weighted by Crippen LogP contribution is -2.43. The molecule has 8 heteroatoms. The highest BCUT2D eigenvalue weighted by Gasteiger charge is 2.26. The average Bonchev–Trinajstić information content (AvgIpc) is 2.75. The molecule has 0 unspecified atom stereocenters. The highest BCUT2D eigenvalue weighted by atomic mass is 16.6. The Hall–Kier alpha value is -2.64. The average molecular weight is 334 g/mol. The van der Waals surface area contributed by atoms with E-state index in [0.29, 0.717) is 31.7 Å². The first-order valence-electron chi connectivity index (χ1n) is 8.05. The topological polar surface area (TPSA) is 95.8 Å². The number of anilines is 1. The SMILES string of the molecule is CCCNC(=O)CN1CCCN(c2ccccc2[N+](=O)[O-])CC1=O. The molecule has 0 spiro atoms. The van der Waals surface area contributed by atoms with Crippen molar-refractivity contribution in [1.29, 1.82) is 0 Å². The summed E-state index contributed by atoms with van der Waals surface area (Å²) in [5.74, 6) is -0.373. The first-order valence-corrected chi connectivity index (χ1v) is 8.05. The largest absolute Gasteiger partial charge is 0.357 e. The third-order valence-electron chi connectivity index (χ3n) is 3.86. The van der Waals surface area contributed by atoms with Gasteiger partial charge in [-0.3, -0.25) is 19.7 Å². The number of hydrogen-bond acceptors (Lipinski definition) is 5. The van der Waals surface area contributed by atoms with Crippen LogP contribution in [-0.2, 0) is 9.59 Å². The molecule has 0 atom stereocenters. The van der Waals surface area contributed by atoms with Gasteiger partial charge in [-0.25, -0.2) is 0 Å². The molecular weight excluding hydrogens is 312 g/mol. The summed E-state index contributed by atoms with van der Waals surface area (Å²) in [5.41, 5.74) is 0.424. The minimum Gasteiger partial charge on any atom is -0.357 e. The van der Waals surface area contributed by atoms with Crippen molar-refractivity contribution in [3.05, 3.63) is 34.4 Å². The molecule has 8 nitrogen and oxygen atoms in total. The summed E-state index contributed by atoms with van der Waals surface area (Å²) in [6.07, 6.45) is 1.49. The summed E-state index contributed by atoms with van der Waals surface area (Å²) < 4.78 is 0. The number of rotatable bonds is 6. The number of benzene rings is 1. The van der Waals surface area contributed by atoms with Gasteiger partial charge < -0.3 is 15.1 Å². The second-order valence-electron chi connectivity index (χ2n) is 5.69. The van der Waals surface area contributed by atoms with Crippen molar-refractivity contribution in [3.63, 3.8) is 0 Å². The molecule has 1 saturated heterocycles. The van der Waals surface area contributed by atoms with Gasteiger partial charge in [0.1, 0.15) is 5.69 Å². The van der Waals surface area contributed by atoms with Crippen molar-refractivity contribution in [3.8, 4) is 0 Å². The van der Waals surface area contributed by atoms with Gasteiger partial charge in [0.05, 0.1) is 18.0 Å². The quantitative estimate of drug-likeness (QED) is 0.622. The number of carbonyl (C=O) groups excluding carboxylic acids is 2. The van der Waals surface area contributed by atoms with Crippen molar-refractivity contribution >= 4 is 23.2 Å². The molecular formula is C16H22N4O4. The maximum Gasteiger partial charge on any atom is 0.292 e. The predicted molar refractivity (Wildman–Crippen MR) is 89.8 cm³/mol. The van der Waals surface area contributed by atoms with Crippen LogP contribution in [0.4, 0.5) is 11.4 Å². The van der Waals surface area contributed by atoms with E-state index in [-0.39, 0.29) is 30.6 Å². The number of nitro groups is 1. The monoisotopic (exact) mass is 334 g/mol. The zero-order chi connectivity index (χ0) is 17.5. The summed E-state index contributed by atoms with van der Waals surface area (Å²) in [4.78, 5) is 38.2. The normalized spacial score (nSPS) is 15.1. The summed E-state index contributed by atoms with van der Waals surface area (Å²) in [7, 11) is 0. The number of para-hydroxylation sites is 2. The van der Waals surface area contributed by atoms with Crippen molar-refractivity contribution in [2.75, 3.05) is 37.6 Å². The molecule has 130 valence electrons. The van der Waals surface area contributed by atoms with Gasteiger partial charge in [0.2, 0.25) is 11.8 Å². The molecule has 1 fully saturated rings. The number of carbonyl (C=O) groups is 2. The maximum absolute atomic E-state index is 12.4. The van der Waals surface area contributed by atoms with E-state index >= 15 is 0 Å². The Kier molecular flexibility index (Phi) is 6.11. The van der Waals surface area contributed by atoms with Gasteiger partial charge in [-0.1, -0.05) is 19.1 Å². The lowest BCUT2D eigenvalue weighted by molar-refractivity contribution is -0.384. The number of hydrogen-bond donors (Lipinski definition) is 1. The van der Waals surface area contributed by atoms with Crippen molar-refractivity contribution < 1.29 is 14.5 Å². The standard InChI is InChI=1S/C16H22N4O4/c1-2-8-17-15(21)11-19-10-5-9-18(12-16(19)22)13-6-3-4-7-14(13)20(23)24/h3-4,6-7H,2,5,8-12H2,1H3,(H,17,21). The fraction of sp³-hybridized carbons (Fsp3) is 0.500. The predicted octanol–water partition coefficient (Wildman–Crippen LogP) is 1.16. The molecule has 0 aromatic heterocycles. The molecule has 1 aromatic carbocycles. The van der Waals surface area contributed by atoms with Crippen LogP contribution in [0.15, 0.2) is 24.3 Å². The third-order valence-corrected chi connectivity index (χ3v) is 3.86. The molecule has 1 aliphatic heterocycles. The van der Waals surface area contributed by atoms with E-state index in [0.717, 1.165) is 6.42 Å². The van der Waals surface area contributed by atoms with Crippen LogP contribution >= 0.6 is 0 Å². The molecule has 2 amide bonds. The Morgan fingerprint density at radius 2 is 2.08 bits per heavy atom. The lowest BCUT2D eigenvalue weighted by atomic mass is 10.2. The van der Waals surface area contributed by atoms with Gasteiger partial charge in [0.25, 0.3) is 5.69 Å². The Labute approximate surface area is 140 Å². The van der Waals surface area contributed by atoms with Crippen LogP contribution in [0.5, 0.6) is 0 Å². The molecule has 0 saturated carbocycles. The Bertz CT molecular complexity index is 620. The number of nitrogens with zero attached hydrogens (tertiary/aromatic N) is 3. The van der Waals surface area contributed by atoms with Crippen molar-refractivity contribution in [2.45, 2.75) is 19.8 Å². The van der Waals surface area contributed by atoms with Crippen LogP contribution in [0, 0.1) is 10.1 Å². The molecule has 24 heavy (non-hydrogen) atoms. The van der Waals surface area contributed by atoms with Crippen LogP contribution in [0.2, 0.25) is 0 Å². The summed E-state index contributed by atoms with van der Waals surface area (Å²) >= 11 is 0. The zero-order valence-corrected chi connectivity index (χ0v) is 13.7. The molecule has 0 radical (unpaired) electrons.